The summed E-state index contributed by atoms with van der Waals surface area (Å²) in [5, 5.41) is 0. The third-order valence-electron chi connectivity index (χ3n) is 3.31. The van der Waals surface area contributed by atoms with Crippen LogP contribution in [0.2, 0.25) is 0 Å². The van der Waals surface area contributed by atoms with Gasteiger partial charge in [0.05, 0.1) is 7.11 Å². The van der Waals surface area contributed by atoms with Crippen molar-refractivity contribution in [3.63, 3.8) is 0 Å². The summed E-state index contributed by atoms with van der Waals surface area (Å²) in [5.41, 5.74) is 6.05. The van der Waals surface area contributed by atoms with Gasteiger partial charge in [0.25, 0.3) is 0 Å². The van der Waals surface area contributed by atoms with E-state index in [1.54, 1.807) is 13.0 Å². The molecule has 1 atom stereocenters. The molecule has 112 valence electrons. The monoisotopic (exact) mass is 295 g/mol. The Morgan fingerprint density at radius 2 is 1.67 bits per heavy atom. The van der Waals surface area contributed by atoms with Crippen LogP contribution in [0.25, 0.3) is 0 Å². The van der Waals surface area contributed by atoms with E-state index in [1.165, 1.54) is 31.4 Å². The molecule has 2 N–H and O–H groups in total. The summed E-state index contributed by atoms with van der Waals surface area (Å²) < 4.78 is 45.1. The predicted octanol–water partition coefficient (Wildman–Crippen LogP) is 3.53. The van der Waals surface area contributed by atoms with Crippen LogP contribution in [-0.4, -0.2) is 7.11 Å². The molecule has 0 saturated heterocycles. The van der Waals surface area contributed by atoms with Crippen LogP contribution in [0.4, 0.5) is 13.2 Å². The fourth-order valence-corrected chi connectivity index (χ4v) is 2.23. The zero-order valence-electron chi connectivity index (χ0n) is 11.8. The van der Waals surface area contributed by atoms with E-state index in [4.69, 9.17) is 10.5 Å². The third kappa shape index (κ3) is 3.55. The first-order valence-electron chi connectivity index (χ1n) is 6.40. The first-order chi connectivity index (χ1) is 9.81. The van der Waals surface area contributed by atoms with Gasteiger partial charge in [-0.25, -0.2) is 13.2 Å². The van der Waals surface area contributed by atoms with Gasteiger partial charge < -0.3 is 10.5 Å². The Morgan fingerprint density at radius 3 is 2.19 bits per heavy atom. The number of hydrogen-bond acceptors (Lipinski definition) is 2. The largest absolute Gasteiger partial charge is 0.494 e. The van der Waals surface area contributed by atoms with E-state index in [-0.39, 0.29) is 12.2 Å². The molecule has 0 amide bonds. The van der Waals surface area contributed by atoms with Crippen molar-refractivity contribution in [3.8, 4) is 5.75 Å². The quantitative estimate of drug-likeness (QED) is 0.936. The maximum absolute atomic E-state index is 13.7. The number of ether oxygens (including phenoxy) is 1. The predicted molar refractivity (Wildman–Crippen MR) is 74.6 cm³/mol. The Kier molecular flexibility index (Phi) is 4.23. The van der Waals surface area contributed by atoms with Gasteiger partial charge in [-0.15, -0.1) is 0 Å². The standard InChI is InChI=1S/C16H16F3NO/c1-16(20,11-6-12(17)8-13(18)7-11)9-10-3-4-15(21-2)14(19)5-10/h3-8H,9,20H2,1-2H3. The second-order valence-electron chi connectivity index (χ2n) is 5.22. The summed E-state index contributed by atoms with van der Waals surface area (Å²) in [5.74, 6) is -1.75. The average molecular weight is 295 g/mol. The van der Waals surface area contributed by atoms with E-state index in [0.717, 1.165) is 6.07 Å². The highest BCUT2D eigenvalue weighted by Crippen LogP contribution is 2.26. The van der Waals surface area contributed by atoms with Gasteiger partial charge in [-0.05, 0) is 48.7 Å². The van der Waals surface area contributed by atoms with Crippen LogP contribution in [0.5, 0.6) is 5.75 Å². The van der Waals surface area contributed by atoms with E-state index < -0.39 is 23.0 Å². The Balaban J connectivity index is 2.30. The average Bonchev–Trinajstić information content (AvgIpc) is 2.37. The van der Waals surface area contributed by atoms with Gasteiger partial charge in [-0.3, -0.25) is 0 Å². The highest BCUT2D eigenvalue weighted by molar-refractivity contribution is 5.33. The maximum Gasteiger partial charge on any atom is 0.165 e. The Morgan fingerprint density at radius 1 is 1.05 bits per heavy atom. The normalized spacial score (nSPS) is 13.8. The molecule has 2 aromatic carbocycles. The molecule has 0 fully saturated rings. The fourth-order valence-electron chi connectivity index (χ4n) is 2.23. The lowest BCUT2D eigenvalue weighted by atomic mass is 9.86. The highest BCUT2D eigenvalue weighted by atomic mass is 19.1. The minimum Gasteiger partial charge on any atom is -0.494 e. The number of benzene rings is 2. The van der Waals surface area contributed by atoms with Crippen molar-refractivity contribution in [2.24, 2.45) is 5.73 Å². The van der Waals surface area contributed by atoms with Crippen molar-refractivity contribution in [2.45, 2.75) is 18.9 Å². The van der Waals surface area contributed by atoms with E-state index >= 15 is 0 Å². The van der Waals surface area contributed by atoms with Gasteiger partial charge in [0.1, 0.15) is 11.6 Å². The van der Waals surface area contributed by atoms with Gasteiger partial charge in [0.15, 0.2) is 11.6 Å². The lowest BCUT2D eigenvalue weighted by Crippen LogP contribution is -2.35. The van der Waals surface area contributed by atoms with Crippen LogP contribution in [0.3, 0.4) is 0 Å². The van der Waals surface area contributed by atoms with Crippen LogP contribution in [0.15, 0.2) is 36.4 Å². The van der Waals surface area contributed by atoms with Crippen LogP contribution in [0.1, 0.15) is 18.1 Å². The van der Waals surface area contributed by atoms with Crippen molar-refractivity contribution in [1.29, 1.82) is 0 Å². The molecular formula is C16H16F3NO. The van der Waals surface area contributed by atoms with Crippen molar-refractivity contribution >= 4 is 0 Å². The first kappa shape index (κ1) is 15.4. The van der Waals surface area contributed by atoms with Crippen LogP contribution >= 0.6 is 0 Å². The van der Waals surface area contributed by atoms with Gasteiger partial charge in [-0.2, -0.15) is 0 Å². The molecule has 2 rings (SSSR count). The minimum atomic E-state index is -1.02. The summed E-state index contributed by atoms with van der Waals surface area (Å²) in [7, 11) is 1.38. The van der Waals surface area contributed by atoms with E-state index in [1.807, 2.05) is 0 Å². The zero-order valence-corrected chi connectivity index (χ0v) is 11.8. The molecular weight excluding hydrogens is 279 g/mol. The SMILES string of the molecule is COc1ccc(CC(C)(N)c2cc(F)cc(F)c2)cc1F. The molecule has 21 heavy (non-hydrogen) atoms. The number of nitrogens with two attached hydrogens (primary N) is 1. The molecule has 2 nitrogen and oxygen atoms in total. The molecule has 0 aliphatic carbocycles. The number of halogens is 3. The van der Waals surface area contributed by atoms with Crippen molar-refractivity contribution in [2.75, 3.05) is 7.11 Å². The van der Waals surface area contributed by atoms with Crippen LogP contribution in [-0.2, 0) is 12.0 Å². The molecule has 0 aliphatic heterocycles. The number of methoxy groups -OCH3 is 1. The van der Waals surface area contributed by atoms with Crippen molar-refractivity contribution < 1.29 is 17.9 Å². The maximum atomic E-state index is 13.7. The van der Waals surface area contributed by atoms with E-state index in [9.17, 15) is 13.2 Å². The molecule has 0 spiro atoms. The molecule has 0 saturated carbocycles. The molecule has 2 aromatic rings. The topological polar surface area (TPSA) is 35.2 Å². The summed E-state index contributed by atoms with van der Waals surface area (Å²) in [6, 6.07) is 7.62. The van der Waals surface area contributed by atoms with Crippen LogP contribution < -0.4 is 10.5 Å². The van der Waals surface area contributed by atoms with Crippen molar-refractivity contribution in [1.82, 2.24) is 0 Å². The smallest absolute Gasteiger partial charge is 0.165 e. The van der Waals surface area contributed by atoms with E-state index in [2.05, 4.69) is 0 Å². The molecule has 0 heterocycles. The lowest BCUT2D eigenvalue weighted by molar-refractivity contribution is 0.385. The Labute approximate surface area is 121 Å². The van der Waals surface area contributed by atoms with Crippen molar-refractivity contribution in [3.05, 3.63) is 65.0 Å². The number of hydrogen-bond donors (Lipinski definition) is 1. The van der Waals surface area contributed by atoms with Crippen LogP contribution in [0, 0.1) is 17.5 Å². The second-order valence-corrected chi connectivity index (χ2v) is 5.22. The lowest BCUT2D eigenvalue weighted by Gasteiger charge is -2.25. The molecule has 0 radical (unpaired) electrons. The number of rotatable bonds is 4. The summed E-state index contributed by atoms with van der Waals surface area (Å²) >= 11 is 0. The third-order valence-corrected chi connectivity index (χ3v) is 3.31. The zero-order chi connectivity index (χ0) is 15.6. The fraction of sp³-hybridized carbons (Fsp3) is 0.250. The Bertz CT molecular complexity index is 636. The second kappa shape index (κ2) is 5.77. The molecule has 0 bridgehead atoms. The first-order valence-corrected chi connectivity index (χ1v) is 6.40. The Hall–Kier alpha value is -2.01. The van der Waals surface area contributed by atoms with Gasteiger partial charge in [0.2, 0.25) is 0 Å². The van der Waals surface area contributed by atoms with Gasteiger partial charge in [-0.1, -0.05) is 6.07 Å². The van der Waals surface area contributed by atoms with E-state index in [0.29, 0.717) is 11.1 Å². The highest BCUT2D eigenvalue weighted by Gasteiger charge is 2.23. The summed E-state index contributed by atoms with van der Waals surface area (Å²) in [6.45, 7) is 1.64. The van der Waals surface area contributed by atoms with Gasteiger partial charge in [0, 0.05) is 11.6 Å². The minimum absolute atomic E-state index is 0.134. The molecule has 0 aromatic heterocycles. The van der Waals surface area contributed by atoms with Gasteiger partial charge >= 0.3 is 0 Å². The molecule has 1 unspecified atom stereocenters. The summed E-state index contributed by atoms with van der Waals surface area (Å²) in [4.78, 5) is 0. The molecule has 5 heteroatoms. The molecule has 0 aliphatic rings. The summed E-state index contributed by atoms with van der Waals surface area (Å²) in [6.07, 6.45) is 0.233.